The normalized spacial score (nSPS) is 18.3. The molecule has 1 aliphatic heterocycles. The summed E-state index contributed by atoms with van der Waals surface area (Å²) in [6.45, 7) is 6.30. The van der Waals surface area contributed by atoms with Crippen molar-refractivity contribution >= 4 is 28.5 Å². The molecule has 24 heavy (non-hydrogen) atoms. The lowest BCUT2D eigenvalue weighted by Crippen LogP contribution is -2.37. The number of hydrogen-bond donors (Lipinski definition) is 0. The van der Waals surface area contributed by atoms with Gasteiger partial charge in [-0.05, 0) is 12.1 Å². The molecule has 1 aliphatic rings. The number of nitrogens with zero attached hydrogens (tertiary/aromatic N) is 4. The second-order valence-corrected chi connectivity index (χ2v) is 7.47. The summed E-state index contributed by atoms with van der Waals surface area (Å²) in [7, 11) is 1.64. The first-order chi connectivity index (χ1) is 11.3. The minimum Gasteiger partial charge on any atom is -0.457 e. The summed E-state index contributed by atoms with van der Waals surface area (Å²) in [5.41, 5.74) is -0.176. The highest BCUT2D eigenvalue weighted by molar-refractivity contribution is 7.15. The van der Waals surface area contributed by atoms with Gasteiger partial charge < -0.3 is 14.1 Å². The van der Waals surface area contributed by atoms with Crippen molar-refractivity contribution in [3.05, 3.63) is 29.2 Å². The maximum atomic E-state index is 12.4. The molecule has 3 heterocycles. The largest absolute Gasteiger partial charge is 0.457 e. The zero-order valence-electron chi connectivity index (χ0n) is 13.8. The Labute approximate surface area is 143 Å². The maximum Gasteiger partial charge on any atom is 0.376 e. The van der Waals surface area contributed by atoms with Gasteiger partial charge in [0, 0.05) is 12.5 Å². The predicted molar refractivity (Wildman–Crippen MR) is 87.0 cm³/mol. The first kappa shape index (κ1) is 16.4. The highest BCUT2D eigenvalue weighted by atomic mass is 32.1. The zero-order valence-corrected chi connectivity index (χ0v) is 14.7. The molecule has 8 nitrogen and oxygen atoms in total. The van der Waals surface area contributed by atoms with E-state index in [0.717, 1.165) is 5.01 Å². The molecule has 2 aromatic rings. The van der Waals surface area contributed by atoms with Crippen molar-refractivity contribution in [1.29, 1.82) is 0 Å². The number of ether oxygens (including phenoxy) is 1. The van der Waals surface area contributed by atoms with Crippen LogP contribution >= 0.6 is 11.3 Å². The third-order valence-electron chi connectivity index (χ3n) is 3.48. The Hall–Kier alpha value is -2.42. The van der Waals surface area contributed by atoms with E-state index in [1.807, 2.05) is 20.8 Å². The molecule has 9 heteroatoms. The molecule has 2 amide bonds. The Morgan fingerprint density at radius 1 is 1.42 bits per heavy atom. The van der Waals surface area contributed by atoms with Crippen LogP contribution in [0.25, 0.3) is 0 Å². The van der Waals surface area contributed by atoms with Crippen LogP contribution in [0.2, 0.25) is 0 Å². The van der Waals surface area contributed by atoms with Crippen LogP contribution in [0, 0.1) is 0 Å². The van der Waals surface area contributed by atoms with Crippen LogP contribution in [0.3, 0.4) is 0 Å². The molecule has 0 bridgehead atoms. The van der Waals surface area contributed by atoms with Crippen LogP contribution in [-0.4, -0.2) is 46.9 Å². The number of carbonyl (C=O) groups is 2. The van der Waals surface area contributed by atoms with E-state index in [1.54, 1.807) is 13.1 Å². The van der Waals surface area contributed by atoms with E-state index in [0.29, 0.717) is 5.13 Å². The van der Waals surface area contributed by atoms with Gasteiger partial charge in [0.05, 0.1) is 12.8 Å². The standard InChI is InChI=1S/C15H18N4O4S/c1-15(2,3)12-16-17-13(24-12)19-10(8-18(4)14(19)21)23-11(20)9-6-5-7-22-9/h5-7,10H,8H2,1-4H3. The number of likely N-dealkylation sites (N-methyl/N-ethyl adjacent to an activating group) is 1. The highest BCUT2D eigenvalue weighted by Crippen LogP contribution is 2.33. The lowest BCUT2D eigenvalue weighted by atomic mass is 9.98. The van der Waals surface area contributed by atoms with Crippen LogP contribution < -0.4 is 4.90 Å². The van der Waals surface area contributed by atoms with Crippen LogP contribution in [0.4, 0.5) is 9.93 Å². The SMILES string of the molecule is CN1CC(OC(=O)c2ccco2)N(c2nnc(C(C)(C)C)s2)C1=O. The fraction of sp³-hybridized carbons (Fsp3) is 0.467. The fourth-order valence-corrected chi connectivity index (χ4v) is 3.12. The monoisotopic (exact) mass is 350 g/mol. The lowest BCUT2D eigenvalue weighted by molar-refractivity contribution is 0.0295. The second kappa shape index (κ2) is 5.90. The van der Waals surface area contributed by atoms with Crippen molar-refractivity contribution in [2.45, 2.75) is 32.4 Å². The van der Waals surface area contributed by atoms with Crippen molar-refractivity contribution in [2.24, 2.45) is 0 Å². The van der Waals surface area contributed by atoms with E-state index < -0.39 is 12.2 Å². The summed E-state index contributed by atoms with van der Waals surface area (Å²) in [4.78, 5) is 27.4. The van der Waals surface area contributed by atoms with Gasteiger partial charge in [0.2, 0.25) is 17.1 Å². The molecular weight excluding hydrogens is 332 g/mol. The molecule has 1 unspecified atom stereocenters. The summed E-state index contributed by atoms with van der Waals surface area (Å²) in [6.07, 6.45) is 0.613. The highest BCUT2D eigenvalue weighted by Gasteiger charge is 2.41. The molecule has 0 saturated carbocycles. The Balaban J connectivity index is 1.84. The zero-order chi connectivity index (χ0) is 17.5. The molecule has 128 valence electrons. The lowest BCUT2D eigenvalue weighted by Gasteiger charge is -2.19. The number of amides is 2. The van der Waals surface area contributed by atoms with E-state index in [9.17, 15) is 9.59 Å². The number of anilines is 1. The first-order valence-corrected chi connectivity index (χ1v) is 8.22. The molecule has 3 rings (SSSR count). The maximum absolute atomic E-state index is 12.4. The Morgan fingerprint density at radius 3 is 2.75 bits per heavy atom. The van der Waals surface area contributed by atoms with Crippen molar-refractivity contribution in [3.8, 4) is 0 Å². The molecule has 0 spiro atoms. The quantitative estimate of drug-likeness (QED) is 0.790. The van der Waals surface area contributed by atoms with Gasteiger partial charge in [-0.2, -0.15) is 0 Å². The number of urea groups is 1. The molecule has 1 saturated heterocycles. The molecule has 0 N–H and O–H groups in total. The minimum atomic E-state index is -0.777. The smallest absolute Gasteiger partial charge is 0.376 e. The first-order valence-electron chi connectivity index (χ1n) is 7.40. The molecule has 1 fully saturated rings. The van der Waals surface area contributed by atoms with Gasteiger partial charge in [0.15, 0.2) is 0 Å². The predicted octanol–water partition coefficient (Wildman–Crippen LogP) is 2.48. The van der Waals surface area contributed by atoms with E-state index >= 15 is 0 Å². The molecule has 1 atom stereocenters. The Bertz CT molecular complexity index is 750. The Morgan fingerprint density at radius 2 is 2.17 bits per heavy atom. The van der Waals surface area contributed by atoms with Gasteiger partial charge in [-0.15, -0.1) is 10.2 Å². The van der Waals surface area contributed by atoms with E-state index in [2.05, 4.69) is 10.2 Å². The summed E-state index contributed by atoms with van der Waals surface area (Å²) in [6, 6.07) is 2.82. The number of aromatic nitrogens is 2. The number of esters is 1. The van der Waals surface area contributed by atoms with Crippen LogP contribution in [-0.2, 0) is 10.2 Å². The third kappa shape index (κ3) is 2.99. The molecular formula is C15H18N4O4S. The Kier molecular flexibility index (Phi) is 4.04. The molecule has 0 aromatic carbocycles. The molecule has 0 aliphatic carbocycles. The van der Waals surface area contributed by atoms with Gasteiger partial charge in [-0.25, -0.2) is 14.5 Å². The minimum absolute atomic E-state index is 0.0876. The van der Waals surface area contributed by atoms with Gasteiger partial charge in [-0.3, -0.25) is 0 Å². The van der Waals surface area contributed by atoms with Crippen molar-refractivity contribution in [1.82, 2.24) is 15.1 Å². The second-order valence-electron chi connectivity index (χ2n) is 6.51. The third-order valence-corrected chi connectivity index (χ3v) is 4.83. The summed E-state index contributed by atoms with van der Waals surface area (Å²) in [5, 5.41) is 9.46. The average Bonchev–Trinajstić information content (AvgIpc) is 3.20. The fourth-order valence-electron chi connectivity index (χ4n) is 2.19. The summed E-state index contributed by atoms with van der Waals surface area (Å²) in [5.74, 6) is -0.539. The number of hydrogen-bond acceptors (Lipinski definition) is 7. The van der Waals surface area contributed by atoms with Crippen molar-refractivity contribution < 1.29 is 18.7 Å². The number of rotatable bonds is 3. The molecule has 0 radical (unpaired) electrons. The van der Waals surface area contributed by atoms with Crippen molar-refractivity contribution in [2.75, 3.05) is 18.5 Å². The van der Waals surface area contributed by atoms with Gasteiger partial charge in [0.1, 0.15) is 5.01 Å². The van der Waals surface area contributed by atoms with E-state index in [4.69, 9.17) is 9.15 Å². The average molecular weight is 350 g/mol. The number of furan rings is 1. The van der Waals surface area contributed by atoms with Crippen LogP contribution in [0.15, 0.2) is 22.8 Å². The van der Waals surface area contributed by atoms with Gasteiger partial charge in [-0.1, -0.05) is 32.1 Å². The summed E-state index contributed by atoms with van der Waals surface area (Å²) >= 11 is 1.31. The number of carbonyl (C=O) groups excluding carboxylic acids is 2. The van der Waals surface area contributed by atoms with Crippen molar-refractivity contribution in [3.63, 3.8) is 0 Å². The van der Waals surface area contributed by atoms with E-state index in [1.165, 1.54) is 33.5 Å². The van der Waals surface area contributed by atoms with Gasteiger partial charge in [0.25, 0.3) is 0 Å². The van der Waals surface area contributed by atoms with Gasteiger partial charge >= 0.3 is 12.0 Å². The van der Waals surface area contributed by atoms with Crippen LogP contribution in [0.5, 0.6) is 0 Å². The summed E-state index contributed by atoms with van der Waals surface area (Å²) < 4.78 is 10.5. The van der Waals surface area contributed by atoms with E-state index in [-0.39, 0.29) is 23.8 Å². The molecule has 2 aromatic heterocycles. The van der Waals surface area contributed by atoms with Crippen LogP contribution in [0.1, 0.15) is 36.3 Å². The topological polar surface area (TPSA) is 88.8 Å².